The highest BCUT2D eigenvalue weighted by molar-refractivity contribution is 5.84. The molecule has 1 saturated heterocycles. The van der Waals surface area contributed by atoms with E-state index in [1.807, 2.05) is 12.1 Å². The summed E-state index contributed by atoms with van der Waals surface area (Å²) < 4.78 is 0. The van der Waals surface area contributed by atoms with Crippen molar-refractivity contribution in [2.75, 3.05) is 6.54 Å². The van der Waals surface area contributed by atoms with E-state index < -0.39 is 0 Å². The maximum absolute atomic E-state index is 11.7. The van der Waals surface area contributed by atoms with Crippen LogP contribution >= 0.6 is 0 Å². The zero-order valence-electron chi connectivity index (χ0n) is 8.95. The second kappa shape index (κ2) is 3.62. The van der Waals surface area contributed by atoms with Gasteiger partial charge in [-0.15, -0.1) is 0 Å². The van der Waals surface area contributed by atoms with Crippen molar-refractivity contribution in [1.29, 1.82) is 0 Å². The summed E-state index contributed by atoms with van der Waals surface area (Å²) in [7, 11) is 0. The van der Waals surface area contributed by atoms with E-state index in [1.165, 1.54) is 0 Å². The van der Waals surface area contributed by atoms with E-state index >= 15 is 0 Å². The summed E-state index contributed by atoms with van der Waals surface area (Å²) in [4.78, 5) is 15.6. The molecule has 1 amide bonds. The lowest BCUT2D eigenvalue weighted by Crippen LogP contribution is -2.59. The fourth-order valence-corrected chi connectivity index (χ4v) is 1.71. The Labute approximate surface area is 89.1 Å². The highest BCUT2D eigenvalue weighted by Crippen LogP contribution is 2.19. The minimum Gasteiger partial charge on any atom is -0.353 e. The molecule has 2 rings (SSSR count). The minimum atomic E-state index is -0.267. The third-order valence-corrected chi connectivity index (χ3v) is 2.54. The molecule has 1 aliphatic rings. The predicted molar refractivity (Wildman–Crippen MR) is 57.2 cm³/mol. The van der Waals surface area contributed by atoms with Gasteiger partial charge in [-0.3, -0.25) is 15.1 Å². The van der Waals surface area contributed by atoms with Gasteiger partial charge in [-0.1, -0.05) is 0 Å². The highest BCUT2D eigenvalue weighted by Gasteiger charge is 2.33. The van der Waals surface area contributed by atoms with Crippen LogP contribution in [0.2, 0.25) is 0 Å². The van der Waals surface area contributed by atoms with Crippen molar-refractivity contribution < 1.29 is 4.79 Å². The van der Waals surface area contributed by atoms with E-state index in [1.54, 1.807) is 12.4 Å². The summed E-state index contributed by atoms with van der Waals surface area (Å²) in [5, 5.41) is 6.22. The number of carbonyl (C=O) groups excluding carboxylic acids is 1. The molecule has 15 heavy (non-hydrogen) atoms. The molecule has 0 saturated carbocycles. The molecule has 0 spiro atoms. The SMILES string of the molecule is CC1(C)CNC(=O)C(c2ccncc2)N1. The van der Waals surface area contributed by atoms with E-state index in [4.69, 9.17) is 0 Å². The molecule has 1 aliphatic heterocycles. The largest absolute Gasteiger partial charge is 0.353 e. The molecule has 2 N–H and O–H groups in total. The maximum Gasteiger partial charge on any atom is 0.241 e. The normalized spacial score (nSPS) is 24.7. The molecule has 1 aromatic rings. The summed E-state index contributed by atoms with van der Waals surface area (Å²) in [5.74, 6) is 0.0283. The van der Waals surface area contributed by atoms with E-state index in [2.05, 4.69) is 29.5 Å². The molecule has 1 aromatic heterocycles. The zero-order chi connectivity index (χ0) is 10.9. The van der Waals surface area contributed by atoms with Crippen LogP contribution in [0.15, 0.2) is 24.5 Å². The van der Waals surface area contributed by atoms with E-state index in [9.17, 15) is 4.79 Å². The number of aromatic nitrogens is 1. The number of nitrogens with one attached hydrogen (secondary N) is 2. The van der Waals surface area contributed by atoms with Crippen LogP contribution in [0.3, 0.4) is 0 Å². The Morgan fingerprint density at radius 2 is 2.07 bits per heavy atom. The number of hydrogen-bond acceptors (Lipinski definition) is 3. The van der Waals surface area contributed by atoms with Crippen LogP contribution in [0, 0.1) is 0 Å². The number of pyridine rings is 1. The lowest BCUT2D eigenvalue weighted by molar-refractivity contribution is -0.126. The quantitative estimate of drug-likeness (QED) is 0.706. The number of carbonyl (C=O) groups is 1. The van der Waals surface area contributed by atoms with Gasteiger partial charge >= 0.3 is 0 Å². The Morgan fingerprint density at radius 3 is 2.73 bits per heavy atom. The molecule has 0 aromatic carbocycles. The average Bonchev–Trinajstić information content (AvgIpc) is 2.23. The minimum absolute atomic E-state index is 0.0283. The van der Waals surface area contributed by atoms with Crippen molar-refractivity contribution in [2.24, 2.45) is 0 Å². The first-order valence-electron chi connectivity index (χ1n) is 5.04. The Bertz CT molecular complexity index is 361. The second-order valence-corrected chi connectivity index (χ2v) is 4.46. The van der Waals surface area contributed by atoms with Crippen molar-refractivity contribution in [3.63, 3.8) is 0 Å². The molecule has 1 atom stereocenters. The third kappa shape index (κ3) is 2.15. The monoisotopic (exact) mass is 205 g/mol. The number of nitrogens with zero attached hydrogens (tertiary/aromatic N) is 1. The van der Waals surface area contributed by atoms with E-state index in [-0.39, 0.29) is 17.5 Å². The molecule has 2 heterocycles. The maximum atomic E-state index is 11.7. The van der Waals surface area contributed by atoms with Crippen molar-refractivity contribution in [1.82, 2.24) is 15.6 Å². The van der Waals surface area contributed by atoms with Crippen LogP contribution in [0.5, 0.6) is 0 Å². The summed E-state index contributed by atoms with van der Waals surface area (Å²) in [5.41, 5.74) is 0.886. The second-order valence-electron chi connectivity index (χ2n) is 4.46. The average molecular weight is 205 g/mol. The Hall–Kier alpha value is -1.42. The summed E-state index contributed by atoms with van der Waals surface area (Å²) in [6.45, 7) is 4.80. The third-order valence-electron chi connectivity index (χ3n) is 2.54. The Morgan fingerprint density at radius 1 is 1.40 bits per heavy atom. The first kappa shape index (κ1) is 10.1. The summed E-state index contributed by atoms with van der Waals surface area (Å²) >= 11 is 0. The predicted octanol–water partition coefficient (Wildman–Crippen LogP) is 0.621. The van der Waals surface area contributed by atoms with Gasteiger partial charge in [0.1, 0.15) is 6.04 Å². The van der Waals surface area contributed by atoms with E-state index in [0.717, 1.165) is 5.56 Å². The molecule has 0 radical (unpaired) electrons. The van der Waals surface area contributed by atoms with Crippen LogP contribution < -0.4 is 10.6 Å². The number of amides is 1. The van der Waals surface area contributed by atoms with Crippen LogP contribution in [0.25, 0.3) is 0 Å². The van der Waals surface area contributed by atoms with Gasteiger partial charge in [0.25, 0.3) is 0 Å². The van der Waals surface area contributed by atoms with Gasteiger partial charge in [-0.25, -0.2) is 0 Å². The fourth-order valence-electron chi connectivity index (χ4n) is 1.71. The van der Waals surface area contributed by atoms with Crippen molar-refractivity contribution in [2.45, 2.75) is 25.4 Å². The van der Waals surface area contributed by atoms with Crippen LogP contribution in [-0.4, -0.2) is 23.0 Å². The van der Waals surface area contributed by atoms with Crippen LogP contribution in [-0.2, 0) is 4.79 Å². The first-order valence-corrected chi connectivity index (χ1v) is 5.04. The topological polar surface area (TPSA) is 54.0 Å². The molecule has 1 unspecified atom stereocenters. The zero-order valence-corrected chi connectivity index (χ0v) is 8.95. The first-order chi connectivity index (χ1) is 7.08. The lowest BCUT2D eigenvalue weighted by atomic mass is 9.96. The number of hydrogen-bond donors (Lipinski definition) is 2. The molecular formula is C11H15N3O. The van der Waals surface area contributed by atoms with Gasteiger partial charge in [-0.2, -0.15) is 0 Å². The van der Waals surface area contributed by atoms with Gasteiger partial charge in [0, 0.05) is 24.5 Å². The lowest BCUT2D eigenvalue weighted by Gasteiger charge is -2.36. The number of rotatable bonds is 1. The Balaban J connectivity index is 2.24. The fraction of sp³-hybridized carbons (Fsp3) is 0.455. The van der Waals surface area contributed by atoms with Crippen molar-refractivity contribution in [3.05, 3.63) is 30.1 Å². The standard InChI is InChI=1S/C11H15N3O/c1-11(2)7-13-10(15)9(14-11)8-3-5-12-6-4-8/h3-6,9,14H,7H2,1-2H3,(H,13,15). The van der Waals surface area contributed by atoms with Crippen LogP contribution in [0.1, 0.15) is 25.5 Å². The highest BCUT2D eigenvalue weighted by atomic mass is 16.2. The Kier molecular flexibility index (Phi) is 2.44. The number of piperazine rings is 1. The molecule has 4 nitrogen and oxygen atoms in total. The molecule has 0 aliphatic carbocycles. The molecular weight excluding hydrogens is 190 g/mol. The smallest absolute Gasteiger partial charge is 0.241 e. The van der Waals surface area contributed by atoms with Crippen molar-refractivity contribution in [3.8, 4) is 0 Å². The van der Waals surface area contributed by atoms with Gasteiger partial charge in [0.2, 0.25) is 5.91 Å². The molecule has 4 heteroatoms. The summed E-state index contributed by atoms with van der Waals surface area (Å²) in [6, 6.07) is 3.45. The van der Waals surface area contributed by atoms with Crippen LogP contribution in [0.4, 0.5) is 0 Å². The van der Waals surface area contributed by atoms with Gasteiger partial charge < -0.3 is 5.32 Å². The van der Waals surface area contributed by atoms with Gasteiger partial charge in [0.15, 0.2) is 0 Å². The molecule has 1 fully saturated rings. The summed E-state index contributed by atoms with van der Waals surface area (Å²) in [6.07, 6.45) is 3.40. The van der Waals surface area contributed by atoms with Gasteiger partial charge in [0.05, 0.1) is 0 Å². The molecule has 80 valence electrons. The van der Waals surface area contributed by atoms with Crippen molar-refractivity contribution >= 4 is 5.91 Å². The molecule has 0 bridgehead atoms. The van der Waals surface area contributed by atoms with Gasteiger partial charge in [-0.05, 0) is 31.5 Å². The van der Waals surface area contributed by atoms with E-state index in [0.29, 0.717) is 6.54 Å².